The zero-order valence-corrected chi connectivity index (χ0v) is 22.6. The molecule has 3 N–H and O–H groups in total. The van der Waals surface area contributed by atoms with Gasteiger partial charge in [-0.1, -0.05) is 6.07 Å². The molecule has 5 rings (SSSR count). The molecule has 3 aliphatic rings. The number of hydrogen-bond donors (Lipinski definition) is 3. The number of piperidine rings is 2. The van der Waals surface area contributed by atoms with Crippen LogP contribution in [-0.4, -0.2) is 82.6 Å². The van der Waals surface area contributed by atoms with E-state index in [-0.39, 0.29) is 28.9 Å². The highest BCUT2D eigenvalue weighted by Crippen LogP contribution is 2.38. The maximum atomic E-state index is 13.1. The molecule has 0 radical (unpaired) electrons. The second-order valence-electron chi connectivity index (χ2n) is 10.4. The molecule has 1 aromatic carbocycles. The summed E-state index contributed by atoms with van der Waals surface area (Å²) < 4.78 is 29.0. The molecule has 10 nitrogen and oxygen atoms in total. The van der Waals surface area contributed by atoms with Crippen molar-refractivity contribution in [2.45, 2.75) is 55.6 Å². The Morgan fingerprint density at radius 3 is 2.49 bits per heavy atom. The van der Waals surface area contributed by atoms with E-state index < -0.39 is 10.0 Å². The summed E-state index contributed by atoms with van der Waals surface area (Å²) in [5.74, 6) is 1.44. The first-order chi connectivity index (χ1) is 17.7. The number of benzene rings is 1. The Morgan fingerprint density at radius 1 is 1.03 bits per heavy atom. The molecular weight excluding hydrogens is 490 g/mol. The fraction of sp³-hybridized carbons (Fsp3) is 0.538. The number of nitrogens with zero attached hydrogens (tertiary/aromatic N) is 4. The number of hydrogen-bond acceptors (Lipinski definition) is 8. The lowest BCUT2D eigenvalue weighted by molar-refractivity contribution is -0.119. The minimum absolute atomic E-state index is 0.0530. The molecular formula is C26H37N7O3S. The smallest absolute Gasteiger partial charge is 0.249 e. The third kappa shape index (κ3) is 5.45. The number of rotatable bonds is 6. The quantitative estimate of drug-likeness (QED) is 0.524. The van der Waals surface area contributed by atoms with Gasteiger partial charge >= 0.3 is 0 Å². The highest BCUT2D eigenvalue weighted by molar-refractivity contribution is 7.89. The van der Waals surface area contributed by atoms with Crippen LogP contribution in [0, 0.1) is 0 Å². The topological polar surface area (TPSA) is 110 Å². The minimum Gasteiger partial charge on any atom is -0.340 e. The van der Waals surface area contributed by atoms with E-state index in [0.29, 0.717) is 11.5 Å². The number of pyridine rings is 1. The predicted octanol–water partition coefficient (Wildman–Crippen LogP) is 2.12. The SMILES string of the molecule is C[C@@H]1C(=O)N(C)c2ccc(Nc3cccc(S(=O)(=O)NC4CCN(C)CC4)c3)nc2N1C1CCNCC1. The zero-order chi connectivity index (χ0) is 26.2. The first-order valence-electron chi connectivity index (χ1n) is 13.1. The lowest BCUT2D eigenvalue weighted by atomic mass is 10.00. The molecule has 0 bridgehead atoms. The number of likely N-dealkylation sites (tertiary alicyclic amines) is 1. The van der Waals surface area contributed by atoms with Crippen LogP contribution in [0.25, 0.3) is 0 Å². The number of likely N-dealkylation sites (N-methyl/N-ethyl adjacent to an activating group) is 1. The highest BCUT2D eigenvalue weighted by Gasteiger charge is 2.39. The molecule has 37 heavy (non-hydrogen) atoms. The third-order valence-electron chi connectivity index (χ3n) is 7.72. The van der Waals surface area contributed by atoms with Gasteiger partial charge < -0.3 is 25.3 Å². The van der Waals surface area contributed by atoms with Crippen LogP contribution in [0.5, 0.6) is 0 Å². The molecule has 1 atom stereocenters. The number of anilines is 4. The van der Waals surface area contributed by atoms with Crippen molar-refractivity contribution in [3.63, 3.8) is 0 Å². The van der Waals surface area contributed by atoms with Gasteiger partial charge in [0.2, 0.25) is 15.9 Å². The number of aromatic nitrogens is 1. The van der Waals surface area contributed by atoms with Gasteiger partial charge in [0, 0.05) is 24.8 Å². The van der Waals surface area contributed by atoms with Crippen LogP contribution in [-0.2, 0) is 14.8 Å². The van der Waals surface area contributed by atoms with Crippen molar-refractivity contribution in [2.75, 3.05) is 55.4 Å². The standard InChI is InChI=1S/C26H37N7O3S/c1-18-26(34)32(3)23-7-8-24(29-25(23)33(18)21-9-13-27-14-10-21)28-20-5-4-6-22(17-20)37(35,36)30-19-11-15-31(2)16-12-19/h4-8,17-19,21,27,30H,9-16H2,1-3H3,(H,28,29)/t18-/m1/s1. The maximum absolute atomic E-state index is 13.1. The first-order valence-corrected chi connectivity index (χ1v) is 14.6. The van der Waals surface area contributed by atoms with E-state index in [1.54, 1.807) is 30.1 Å². The Morgan fingerprint density at radius 2 is 1.76 bits per heavy atom. The summed E-state index contributed by atoms with van der Waals surface area (Å²) in [7, 11) is 0.204. The van der Waals surface area contributed by atoms with Crippen molar-refractivity contribution in [1.82, 2.24) is 19.9 Å². The number of nitrogens with one attached hydrogen (secondary N) is 3. The van der Waals surface area contributed by atoms with Crippen molar-refractivity contribution < 1.29 is 13.2 Å². The normalized spacial score (nSPS) is 22.2. The van der Waals surface area contributed by atoms with Gasteiger partial charge in [-0.15, -0.1) is 0 Å². The van der Waals surface area contributed by atoms with Crippen molar-refractivity contribution in [1.29, 1.82) is 0 Å². The molecule has 11 heteroatoms. The van der Waals surface area contributed by atoms with Crippen LogP contribution in [0.2, 0.25) is 0 Å². The van der Waals surface area contributed by atoms with Crippen molar-refractivity contribution in [3.05, 3.63) is 36.4 Å². The van der Waals surface area contributed by atoms with Gasteiger partial charge in [0.25, 0.3) is 0 Å². The molecule has 0 unspecified atom stereocenters. The van der Waals surface area contributed by atoms with Crippen LogP contribution < -0.4 is 25.2 Å². The predicted molar refractivity (Wildman–Crippen MR) is 146 cm³/mol. The van der Waals surface area contributed by atoms with Crippen LogP contribution in [0.1, 0.15) is 32.6 Å². The molecule has 0 aliphatic carbocycles. The summed E-state index contributed by atoms with van der Waals surface area (Å²) in [6, 6.07) is 10.4. The van der Waals surface area contributed by atoms with Crippen LogP contribution in [0.4, 0.5) is 23.0 Å². The summed E-state index contributed by atoms with van der Waals surface area (Å²) in [5, 5.41) is 6.68. The molecule has 3 aliphatic heterocycles. The molecule has 2 saturated heterocycles. The lowest BCUT2D eigenvalue weighted by Gasteiger charge is -2.45. The molecule has 2 aromatic rings. The summed E-state index contributed by atoms with van der Waals surface area (Å²) in [5.41, 5.74) is 1.42. The molecule has 200 valence electrons. The van der Waals surface area contributed by atoms with E-state index in [0.717, 1.165) is 63.4 Å². The van der Waals surface area contributed by atoms with E-state index in [9.17, 15) is 13.2 Å². The number of amides is 1. The Kier molecular flexibility index (Phi) is 7.39. The molecule has 2 fully saturated rings. The number of fused-ring (bicyclic) bond motifs is 1. The van der Waals surface area contributed by atoms with Gasteiger partial charge in [0.1, 0.15) is 11.9 Å². The number of sulfonamides is 1. The molecule has 4 heterocycles. The van der Waals surface area contributed by atoms with Crippen molar-refractivity contribution >= 4 is 38.9 Å². The fourth-order valence-corrected chi connectivity index (χ4v) is 6.89. The summed E-state index contributed by atoms with van der Waals surface area (Å²) >= 11 is 0. The Bertz CT molecular complexity index is 1240. The third-order valence-corrected chi connectivity index (χ3v) is 9.24. The molecule has 1 aromatic heterocycles. The van der Waals surface area contributed by atoms with Crippen molar-refractivity contribution in [3.8, 4) is 0 Å². The Labute approximate surface area is 219 Å². The second kappa shape index (κ2) is 10.6. The summed E-state index contributed by atoms with van der Waals surface area (Å²) in [4.78, 5) is 24.2. The molecule has 0 saturated carbocycles. The Hall–Kier alpha value is -2.73. The monoisotopic (exact) mass is 527 g/mol. The lowest BCUT2D eigenvalue weighted by Crippen LogP contribution is -2.56. The van der Waals surface area contributed by atoms with Crippen LogP contribution in [0.3, 0.4) is 0 Å². The van der Waals surface area contributed by atoms with Gasteiger partial charge in [-0.05, 0) is 96.2 Å². The van der Waals surface area contributed by atoms with E-state index in [2.05, 4.69) is 32.2 Å². The van der Waals surface area contributed by atoms with E-state index in [1.165, 1.54) is 0 Å². The Balaban J connectivity index is 1.38. The van der Waals surface area contributed by atoms with E-state index in [4.69, 9.17) is 4.98 Å². The van der Waals surface area contributed by atoms with Gasteiger partial charge in [-0.2, -0.15) is 0 Å². The number of carbonyl (C=O) groups is 1. The van der Waals surface area contributed by atoms with Gasteiger partial charge in [0.05, 0.1) is 10.6 Å². The number of carbonyl (C=O) groups excluding carboxylic acids is 1. The highest BCUT2D eigenvalue weighted by atomic mass is 32.2. The van der Waals surface area contributed by atoms with E-state index >= 15 is 0 Å². The average Bonchev–Trinajstić information content (AvgIpc) is 2.89. The van der Waals surface area contributed by atoms with Gasteiger partial charge in [-0.3, -0.25) is 4.79 Å². The zero-order valence-electron chi connectivity index (χ0n) is 21.8. The molecule has 1 amide bonds. The van der Waals surface area contributed by atoms with Crippen molar-refractivity contribution in [2.24, 2.45) is 0 Å². The maximum Gasteiger partial charge on any atom is 0.249 e. The van der Waals surface area contributed by atoms with Crippen LogP contribution >= 0.6 is 0 Å². The van der Waals surface area contributed by atoms with Gasteiger partial charge in [0.15, 0.2) is 5.82 Å². The largest absolute Gasteiger partial charge is 0.340 e. The fourth-order valence-electron chi connectivity index (χ4n) is 5.54. The second-order valence-corrected chi connectivity index (χ2v) is 12.1. The summed E-state index contributed by atoms with van der Waals surface area (Å²) in [6.07, 6.45) is 3.50. The first kappa shape index (κ1) is 25.9. The van der Waals surface area contributed by atoms with Gasteiger partial charge in [-0.25, -0.2) is 18.1 Å². The average molecular weight is 528 g/mol. The summed E-state index contributed by atoms with van der Waals surface area (Å²) in [6.45, 7) is 5.53. The molecule has 0 spiro atoms. The van der Waals surface area contributed by atoms with E-state index in [1.807, 2.05) is 25.1 Å². The minimum atomic E-state index is -3.64. The van der Waals surface area contributed by atoms with Crippen LogP contribution in [0.15, 0.2) is 41.3 Å².